The quantitative estimate of drug-likeness (QED) is 0.819. The Bertz CT molecular complexity index is 624. The van der Waals surface area contributed by atoms with Crippen LogP contribution in [0.15, 0.2) is 42.6 Å². The molecule has 0 radical (unpaired) electrons. The Hall–Kier alpha value is -2.54. The van der Waals surface area contributed by atoms with Crippen LogP contribution in [0.5, 0.6) is 0 Å². The molecule has 0 amide bonds. The second-order valence-electron chi connectivity index (χ2n) is 4.60. The van der Waals surface area contributed by atoms with Crippen molar-refractivity contribution in [1.29, 1.82) is 5.26 Å². The monoisotopic (exact) mass is 268 g/mol. The van der Waals surface area contributed by atoms with Gasteiger partial charge in [0.05, 0.1) is 11.6 Å². The topological polar surface area (TPSA) is 66.0 Å². The van der Waals surface area contributed by atoms with Crippen LogP contribution in [0.4, 0.5) is 0 Å². The van der Waals surface area contributed by atoms with Crippen LogP contribution in [-0.4, -0.2) is 15.6 Å². The van der Waals surface area contributed by atoms with Crippen molar-refractivity contribution >= 4 is 5.97 Å². The third-order valence-electron chi connectivity index (χ3n) is 3.21. The maximum Gasteiger partial charge on any atom is 0.337 e. The fourth-order valence-electron chi connectivity index (χ4n) is 2.22. The molecular weight excluding hydrogens is 252 g/mol. The van der Waals surface area contributed by atoms with E-state index in [9.17, 15) is 9.90 Å². The highest BCUT2D eigenvalue weighted by atomic mass is 16.4. The minimum absolute atomic E-state index is 0.339. The van der Waals surface area contributed by atoms with Crippen LogP contribution >= 0.6 is 0 Å². The van der Waals surface area contributed by atoms with Crippen molar-refractivity contribution in [2.24, 2.45) is 0 Å². The highest BCUT2D eigenvalue weighted by Crippen LogP contribution is 2.17. The molecule has 4 nitrogen and oxygen atoms in total. The first-order valence-corrected chi connectivity index (χ1v) is 6.54. The third kappa shape index (κ3) is 3.27. The standard InChI is InChI=1S/C16H16N2O2/c17-9-4-5-10-18-11-8-14(16(19)20)15(18)12-13-6-2-1-3-7-13/h1-3,6-8,11H,4-5,10,12H2,(H,19,20). The number of nitriles is 1. The molecule has 0 unspecified atom stereocenters. The number of nitrogens with zero attached hydrogens (tertiary/aromatic N) is 2. The molecule has 1 aromatic heterocycles. The zero-order valence-corrected chi connectivity index (χ0v) is 11.1. The average Bonchev–Trinajstić information content (AvgIpc) is 2.84. The van der Waals surface area contributed by atoms with Crippen LogP contribution in [0.25, 0.3) is 0 Å². The number of unbranched alkanes of at least 4 members (excludes halogenated alkanes) is 1. The summed E-state index contributed by atoms with van der Waals surface area (Å²) >= 11 is 0. The van der Waals surface area contributed by atoms with Crippen molar-refractivity contribution in [3.63, 3.8) is 0 Å². The van der Waals surface area contributed by atoms with E-state index in [0.717, 1.165) is 17.7 Å². The lowest BCUT2D eigenvalue weighted by Crippen LogP contribution is -2.08. The predicted octanol–water partition coefficient (Wildman–Crippen LogP) is 3.08. The summed E-state index contributed by atoms with van der Waals surface area (Å²) < 4.78 is 1.94. The second kappa shape index (κ2) is 6.58. The van der Waals surface area contributed by atoms with Gasteiger partial charge in [0.2, 0.25) is 0 Å². The van der Waals surface area contributed by atoms with Gasteiger partial charge in [-0.15, -0.1) is 0 Å². The number of hydrogen-bond acceptors (Lipinski definition) is 2. The molecule has 20 heavy (non-hydrogen) atoms. The molecule has 1 aromatic carbocycles. The first-order valence-electron chi connectivity index (χ1n) is 6.54. The minimum atomic E-state index is -0.907. The lowest BCUT2D eigenvalue weighted by atomic mass is 10.1. The number of aromatic carboxylic acids is 1. The van der Waals surface area contributed by atoms with Crippen LogP contribution in [0, 0.1) is 11.3 Å². The van der Waals surface area contributed by atoms with Crippen LogP contribution in [0.3, 0.4) is 0 Å². The molecule has 4 heteroatoms. The Balaban J connectivity index is 2.25. The van der Waals surface area contributed by atoms with Crippen molar-refractivity contribution in [2.75, 3.05) is 0 Å². The second-order valence-corrected chi connectivity index (χ2v) is 4.60. The van der Waals surface area contributed by atoms with Crippen molar-refractivity contribution < 1.29 is 9.90 Å². The molecule has 1 N–H and O–H groups in total. The summed E-state index contributed by atoms with van der Waals surface area (Å²) in [6.07, 6.45) is 3.58. The summed E-state index contributed by atoms with van der Waals surface area (Å²) in [7, 11) is 0. The number of carboxylic acid groups (broad SMARTS) is 1. The fourth-order valence-corrected chi connectivity index (χ4v) is 2.22. The van der Waals surface area contributed by atoms with E-state index in [-0.39, 0.29) is 0 Å². The number of hydrogen-bond donors (Lipinski definition) is 1. The summed E-state index contributed by atoms with van der Waals surface area (Å²) in [5, 5.41) is 17.9. The predicted molar refractivity (Wildman–Crippen MR) is 75.5 cm³/mol. The normalized spacial score (nSPS) is 10.2. The van der Waals surface area contributed by atoms with Crippen molar-refractivity contribution in [3.05, 3.63) is 59.4 Å². The minimum Gasteiger partial charge on any atom is -0.478 e. The largest absolute Gasteiger partial charge is 0.478 e. The number of carbonyl (C=O) groups is 1. The molecule has 2 rings (SSSR count). The number of rotatable bonds is 6. The summed E-state index contributed by atoms with van der Waals surface area (Å²) in [6, 6.07) is 13.5. The van der Waals surface area contributed by atoms with E-state index >= 15 is 0 Å². The zero-order valence-electron chi connectivity index (χ0n) is 11.1. The Morgan fingerprint density at radius 3 is 2.65 bits per heavy atom. The number of benzene rings is 1. The lowest BCUT2D eigenvalue weighted by Gasteiger charge is -2.10. The van der Waals surface area contributed by atoms with Gasteiger partial charge in [-0.05, 0) is 18.1 Å². The molecular formula is C16H16N2O2. The van der Waals surface area contributed by atoms with Gasteiger partial charge in [0.1, 0.15) is 0 Å². The van der Waals surface area contributed by atoms with Gasteiger partial charge in [-0.2, -0.15) is 5.26 Å². The van der Waals surface area contributed by atoms with E-state index in [0.29, 0.717) is 24.9 Å². The summed E-state index contributed by atoms with van der Waals surface area (Å²) in [5.74, 6) is -0.907. The van der Waals surface area contributed by atoms with Crippen LogP contribution in [0.2, 0.25) is 0 Å². The van der Waals surface area contributed by atoms with Gasteiger partial charge < -0.3 is 9.67 Å². The molecule has 0 aliphatic rings. The van der Waals surface area contributed by atoms with E-state index in [2.05, 4.69) is 6.07 Å². The highest BCUT2D eigenvalue weighted by molar-refractivity contribution is 5.89. The van der Waals surface area contributed by atoms with Gasteiger partial charge in [0.15, 0.2) is 0 Å². The fraction of sp³-hybridized carbons (Fsp3) is 0.250. The Kier molecular flexibility index (Phi) is 4.56. The summed E-state index contributed by atoms with van der Waals surface area (Å²) in [4.78, 5) is 11.3. The van der Waals surface area contributed by atoms with E-state index in [1.54, 1.807) is 12.3 Å². The SMILES string of the molecule is N#CCCCn1ccc(C(=O)O)c1Cc1ccccc1. The lowest BCUT2D eigenvalue weighted by molar-refractivity contribution is 0.0695. The molecule has 0 fully saturated rings. The number of aryl methyl sites for hydroxylation is 1. The molecule has 0 saturated heterocycles. The molecule has 0 saturated carbocycles. The molecule has 0 bridgehead atoms. The smallest absolute Gasteiger partial charge is 0.337 e. The molecule has 0 spiro atoms. The van der Waals surface area contributed by atoms with Gasteiger partial charge in [-0.3, -0.25) is 0 Å². The van der Waals surface area contributed by atoms with Crippen molar-refractivity contribution in [1.82, 2.24) is 4.57 Å². The summed E-state index contributed by atoms with van der Waals surface area (Å²) in [6.45, 7) is 0.670. The van der Waals surface area contributed by atoms with Gasteiger partial charge in [-0.1, -0.05) is 30.3 Å². The van der Waals surface area contributed by atoms with Crippen LogP contribution in [0.1, 0.15) is 34.5 Å². The van der Waals surface area contributed by atoms with Crippen molar-refractivity contribution in [2.45, 2.75) is 25.8 Å². The van der Waals surface area contributed by atoms with E-state index in [1.165, 1.54) is 0 Å². The zero-order chi connectivity index (χ0) is 14.4. The van der Waals surface area contributed by atoms with Gasteiger partial charge >= 0.3 is 5.97 Å². The van der Waals surface area contributed by atoms with E-state index in [1.807, 2.05) is 34.9 Å². The molecule has 0 aliphatic heterocycles. The van der Waals surface area contributed by atoms with Crippen molar-refractivity contribution in [3.8, 4) is 6.07 Å². The van der Waals surface area contributed by atoms with Gasteiger partial charge in [0, 0.05) is 31.3 Å². The van der Waals surface area contributed by atoms with Gasteiger partial charge in [-0.25, -0.2) is 4.79 Å². The molecule has 0 atom stereocenters. The van der Waals surface area contributed by atoms with E-state index < -0.39 is 5.97 Å². The average molecular weight is 268 g/mol. The maximum atomic E-state index is 11.3. The van der Waals surface area contributed by atoms with E-state index in [4.69, 9.17) is 5.26 Å². The first-order chi connectivity index (χ1) is 9.72. The maximum absolute atomic E-state index is 11.3. The Morgan fingerprint density at radius 2 is 2.00 bits per heavy atom. The number of aromatic nitrogens is 1. The molecule has 2 aromatic rings. The van der Waals surface area contributed by atoms with Crippen LogP contribution < -0.4 is 0 Å². The Morgan fingerprint density at radius 1 is 1.25 bits per heavy atom. The summed E-state index contributed by atoms with van der Waals surface area (Å²) in [5.41, 5.74) is 2.21. The van der Waals surface area contributed by atoms with Crippen LogP contribution in [-0.2, 0) is 13.0 Å². The molecule has 102 valence electrons. The molecule has 0 aliphatic carbocycles. The number of carboxylic acids is 1. The third-order valence-corrected chi connectivity index (χ3v) is 3.21. The highest BCUT2D eigenvalue weighted by Gasteiger charge is 2.15. The Labute approximate surface area is 117 Å². The van der Waals surface area contributed by atoms with Gasteiger partial charge in [0.25, 0.3) is 0 Å². The molecule has 1 heterocycles. The first kappa shape index (κ1) is 13.9.